The van der Waals surface area contributed by atoms with Crippen LogP contribution in [0.25, 0.3) is 0 Å². The van der Waals surface area contributed by atoms with Crippen molar-refractivity contribution in [3.05, 3.63) is 0 Å². The third-order valence-electron chi connectivity index (χ3n) is 2.60. The standard InChI is InChI=1S/C9H18N2O3S/c1-2-6-15(13,14)11-8(12)7-9(10)4-3-5-9/h2-7,10H2,1H3,(H,11,12). The lowest BCUT2D eigenvalue weighted by atomic mass is 9.75. The number of nitrogens with two attached hydrogens (primary N) is 1. The molecule has 3 N–H and O–H groups in total. The number of hydrogen-bond donors (Lipinski definition) is 2. The summed E-state index contributed by atoms with van der Waals surface area (Å²) in [6, 6.07) is 0. The van der Waals surface area contributed by atoms with Crippen molar-refractivity contribution < 1.29 is 13.2 Å². The molecule has 1 rings (SSSR count). The minimum atomic E-state index is -3.44. The summed E-state index contributed by atoms with van der Waals surface area (Å²) >= 11 is 0. The van der Waals surface area contributed by atoms with Gasteiger partial charge in [0.1, 0.15) is 0 Å². The molecule has 88 valence electrons. The average molecular weight is 234 g/mol. The van der Waals surface area contributed by atoms with E-state index in [1.807, 2.05) is 4.72 Å². The van der Waals surface area contributed by atoms with Crippen molar-refractivity contribution in [1.29, 1.82) is 0 Å². The van der Waals surface area contributed by atoms with Crippen LogP contribution in [0.2, 0.25) is 0 Å². The zero-order valence-corrected chi connectivity index (χ0v) is 9.77. The maximum absolute atomic E-state index is 11.4. The first-order valence-corrected chi connectivity index (χ1v) is 6.84. The lowest BCUT2D eigenvalue weighted by Gasteiger charge is -2.37. The topological polar surface area (TPSA) is 89.3 Å². The number of rotatable bonds is 5. The van der Waals surface area contributed by atoms with Gasteiger partial charge in [-0.15, -0.1) is 0 Å². The van der Waals surface area contributed by atoms with Gasteiger partial charge in [-0.05, 0) is 25.7 Å². The molecule has 15 heavy (non-hydrogen) atoms. The van der Waals surface area contributed by atoms with Crippen molar-refractivity contribution in [3.63, 3.8) is 0 Å². The van der Waals surface area contributed by atoms with Crippen LogP contribution in [0.1, 0.15) is 39.0 Å². The quantitative estimate of drug-likeness (QED) is 0.706. The Bertz CT molecular complexity index is 333. The molecule has 0 aromatic rings. The van der Waals surface area contributed by atoms with Crippen LogP contribution in [-0.2, 0) is 14.8 Å². The summed E-state index contributed by atoms with van der Waals surface area (Å²) in [7, 11) is -3.44. The first-order valence-electron chi connectivity index (χ1n) is 5.19. The number of sulfonamides is 1. The molecule has 0 aliphatic heterocycles. The summed E-state index contributed by atoms with van der Waals surface area (Å²) in [5, 5.41) is 0. The van der Waals surface area contributed by atoms with Crippen molar-refractivity contribution in [2.75, 3.05) is 5.75 Å². The molecule has 0 heterocycles. The molecule has 0 bridgehead atoms. The maximum atomic E-state index is 11.4. The molecule has 1 saturated carbocycles. The van der Waals surface area contributed by atoms with Crippen LogP contribution in [-0.4, -0.2) is 25.6 Å². The number of hydrogen-bond acceptors (Lipinski definition) is 4. The van der Waals surface area contributed by atoms with Gasteiger partial charge in [-0.25, -0.2) is 8.42 Å². The largest absolute Gasteiger partial charge is 0.325 e. The highest BCUT2D eigenvalue weighted by Crippen LogP contribution is 2.31. The molecule has 0 unspecified atom stereocenters. The van der Waals surface area contributed by atoms with E-state index in [4.69, 9.17) is 5.73 Å². The lowest BCUT2D eigenvalue weighted by molar-refractivity contribution is -0.121. The van der Waals surface area contributed by atoms with Gasteiger partial charge >= 0.3 is 0 Å². The van der Waals surface area contributed by atoms with Gasteiger partial charge in [-0.1, -0.05) is 6.92 Å². The Kier molecular flexibility index (Phi) is 3.72. The van der Waals surface area contributed by atoms with Crippen molar-refractivity contribution in [1.82, 2.24) is 4.72 Å². The Hall–Kier alpha value is -0.620. The molecule has 0 radical (unpaired) electrons. The summed E-state index contributed by atoms with van der Waals surface area (Å²) < 4.78 is 24.6. The van der Waals surface area contributed by atoms with E-state index in [2.05, 4.69) is 0 Å². The average Bonchev–Trinajstić information content (AvgIpc) is 1.99. The highest BCUT2D eigenvalue weighted by molar-refractivity contribution is 7.90. The third-order valence-corrected chi connectivity index (χ3v) is 4.09. The summed E-state index contributed by atoms with van der Waals surface area (Å²) in [6.07, 6.45) is 3.22. The molecule has 0 saturated heterocycles. The molecular formula is C9H18N2O3S. The molecule has 1 amide bonds. The van der Waals surface area contributed by atoms with Crippen LogP contribution in [0.4, 0.5) is 0 Å². The second-order valence-electron chi connectivity index (χ2n) is 4.24. The first-order chi connectivity index (χ1) is 6.87. The van der Waals surface area contributed by atoms with E-state index in [1.165, 1.54) is 0 Å². The Labute approximate surface area is 90.5 Å². The van der Waals surface area contributed by atoms with E-state index in [0.29, 0.717) is 6.42 Å². The van der Waals surface area contributed by atoms with Gasteiger partial charge in [-0.2, -0.15) is 0 Å². The number of amides is 1. The smallest absolute Gasteiger partial charge is 0.235 e. The van der Waals surface area contributed by atoms with E-state index in [1.54, 1.807) is 6.92 Å². The van der Waals surface area contributed by atoms with E-state index in [-0.39, 0.29) is 12.2 Å². The highest BCUT2D eigenvalue weighted by atomic mass is 32.2. The van der Waals surface area contributed by atoms with Gasteiger partial charge in [0.15, 0.2) is 0 Å². The molecular weight excluding hydrogens is 216 g/mol. The van der Waals surface area contributed by atoms with Crippen LogP contribution in [0.15, 0.2) is 0 Å². The molecule has 5 nitrogen and oxygen atoms in total. The summed E-state index contributed by atoms with van der Waals surface area (Å²) in [5.41, 5.74) is 5.37. The second kappa shape index (κ2) is 4.49. The van der Waals surface area contributed by atoms with Crippen LogP contribution in [0, 0.1) is 0 Å². The normalized spacial score (nSPS) is 19.3. The van der Waals surface area contributed by atoms with Crippen molar-refractivity contribution >= 4 is 15.9 Å². The summed E-state index contributed by atoms with van der Waals surface area (Å²) in [6.45, 7) is 1.75. The van der Waals surface area contributed by atoms with E-state index < -0.39 is 21.5 Å². The fourth-order valence-electron chi connectivity index (χ4n) is 1.66. The monoisotopic (exact) mass is 234 g/mol. The summed E-state index contributed by atoms with van der Waals surface area (Å²) in [4.78, 5) is 11.4. The van der Waals surface area contributed by atoms with Crippen LogP contribution >= 0.6 is 0 Å². The van der Waals surface area contributed by atoms with Gasteiger partial charge in [0, 0.05) is 12.0 Å². The fraction of sp³-hybridized carbons (Fsp3) is 0.889. The van der Waals surface area contributed by atoms with Gasteiger partial charge in [0.05, 0.1) is 5.75 Å². The maximum Gasteiger partial charge on any atom is 0.235 e. The third kappa shape index (κ3) is 3.79. The van der Waals surface area contributed by atoms with E-state index in [0.717, 1.165) is 19.3 Å². The zero-order valence-electron chi connectivity index (χ0n) is 8.95. The van der Waals surface area contributed by atoms with Crippen molar-refractivity contribution in [2.24, 2.45) is 5.73 Å². The van der Waals surface area contributed by atoms with Crippen LogP contribution in [0.5, 0.6) is 0 Å². The van der Waals surface area contributed by atoms with Crippen molar-refractivity contribution in [2.45, 2.75) is 44.6 Å². The highest BCUT2D eigenvalue weighted by Gasteiger charge is 2.35. The molecule has 0 atom stereocenters. The fourth-order valence-corrected chi connectivity index (χ4v) is 2.72. The number of carbonyl (C=O) groups excluding carboxylic acids is 1. The SMILES string of the molecule is CCCS(=O)(=O)NC(=O)CC1(N)CCC1. The molecule has 1 aliphatic rings. The predicted octanol–water partition coefficient (Wildman–Crippen LogP) is 0.114. The molecule has 0 aromatic heterocycles. The molecule has 1 aliphatic carbocycles. The van der Waals surface area contributed by atoms with Gasteiger partial charge < -0.3 is 5.73 Å². The Morgan fingerprint density at radius 3 is 2.47 bits per heavy atom. The Morgan fingerprint density at radius 2 is 2.07 bits per heavy atom. The van der Waals surface area contributed by atoms with Crippen LogP contribution in [0.3, 0.4) is 0 Å². The predicted molar refractivity (Wildman–Crippen MR) is 57.6 cm³/mol. The minimum Gasteiger partial charge on any atom is -0.325 e. The van der Waals surface area contributed by atoms with Crippen molar-refractivity contribution in [3.8, 4) is 0 Å². The summed E-state index contributed by atoms with van der Waals surface area (Å²) in [5.74, 6) is -0.498. The molecule has 1 fully saturated rings. The molecule has 0 spiro atoms. The Balaban J connectivity index is 2.42. The van der Waals surface area contributed by atoms with E-state index >= 15 is 0 Å². The molecule has 6 heteroatoms. The number of carbonyl (C=O) groups is 1. The van der Waals surface area contributed by atoms with Crippen LogP contribution < -0.4 is 10.5 Å². The minimum absolute atomic E-state index is 0.0175. The van der Waals surface area contributed by atoms with Gasteiger partial charge in [0.25, 0.3) is 0 Å². The molecule has 0 aromatic carbocycles. The number of nitrogens with one attached hydrogen (secondary N) is 1. The zero-order chi connectivity index (χ0) is 11.5. The lowest BCUT2D eigenvalue weighted by Crippen LogP contribution is -2.50. The first kappa shape index (κ1) is 12.4. The van der Waals surface area contributed by atoms with Gasteiger partial charge in [0.2, 0.25) is 15.9 Å². The Morgan fingerprint density at radius 1 is 1.47 bits per heavy atom. The van der Waals surface area contributed by atoms with Gasteiger partial charge in [-0.3, -0.25) is 9.52 Å². The second-order valence-corrected chi connectivity index (χ2v) is 6.08. The van der Waals surface area contributed by atoms with E-state index in [9.17, 15) is 13.2 Å².